The van der Waals surface area contributed by atoms with Gasteiger partial charge in [0.2, 0.25) is 0 Å². The van der Waals surface area contributed by atoms with Crippen LogP contribution in [0.1, 0.15) is 36.7 Å². The lowest BCUT2D eigenvalue weighted by Gasteiger charge is -2.19. The number of hydrogen-bond donors (Lipinski definition) is 2. The summed E-state index contributed by atoms with van der Waals surface area (Å²) < 4.78 is 5.09. The lowest BCUT2D eigenvalue weighted by atomic mass is 10.1. The standard InChI is InChI=1S/C15H23N3O3/c1-15(2,3)21-14(20)17-16-10-11-6-8-12(9-7-11)13(19)18(4)5/h6-9,16H,10H2,1-5H3,(H,17,20). The quantitative estimate of drug-likeness (QED) is 0.832. The molecule has 0 spiro atoms. The molecule has 0 aromatic heterocycles. The fourth-order valence-electron chi connectivity index (χ4n) is 1.55. The highest BCUT2D eigenvalue weighted by atomic mass is 16.6. The Hall–Kier alpha value is -2.08. The molecule has 1 rings (SSSR count). The number of carbonyl (C=O) groups is 2. The first-order valence-electron chi connectivity index (χ1n) is 6.71. The average Bonchev–Trinajstić information content (AvgIpc) is 2.36. The number of ether oxygens (including phenoxy) is 1. The summed E-state index contributed by atoms with van der Waals surface area (Å²) in [5.74, 6) is -0.0404. The van der Waals surface area contributed by atoms with Crippen LogP contribution in [-0.4, -0.2) is 36.6 Å². The molecule has 0 atom stereocenters. The van der Waals surface area contributed by atoms with E-state index in [2.05, 4.69) is 10.9 Å². The van der Waals surface area contributed by atoms with Crippen molar-refractivity contribution in [3.63, 3.8) is 0 Å². The Labute approximate surface area is 125 Å². The number of amides is 2. The predicted octanol–water partition coefficient (Wildman–Crippen LogP) is 1.92. The van der Waals surface area contributed by atoms with Crippen LogP contribution in [0.4, 0.5) is 4.79 Å². The minimum absolute atomic E-state index is 0.0404. The molecule has 0 unspecified atom stereocenters. The van der Waals surface area contributed by atoms with Crippen molar-refractivity contribution in [3.8, 4) is 0 Å². The highest BCUT2D eigenvalue weighted by molar-refractivity contribution is 5.93. The molecule has 1 aromatic carbocycles. The van der Waals surface area contributed by atoms with Gasteiger partial charge in [0.05, 0.1) is 0 Å². The minimum Gasteiger partial charge on any atom is -0.443 e. The smallest absolute Gasteiger partial charge is 0.422 e. The second-order valence-corrected chi connectivity index (χ2v) is 5.88. The van der Waals surface area contributed by atoms with E-state index in [4.69, 9.17) is 4.74 Å². The maximum atomic E-state index is 11.7. The van der Waals surface area contributed by atoms with Crippen molar-refractivity contribution < 1.29 is 14.3 Å². The molecule has 0 saturated heterocycles. The first-order chi connectivity index (χ1) is 9.69. The van der Waals surface area contributed by atoms with Crippen molar-refractivity contribution >= 4 is 12.0 Å². The van der Waals surface area contributed by atoms with Crippen molar-refractivity contribution in [2.24, 2.45) is 0 Å². The molecule has 0 aliphatic heterocycles. The zero-order valence-electron chi connectivity index (χ0n) is 13.2. The maximum absolute atomic E-state index is 11.7. The van der Waals surface area contributed by atoms with Crippen molar-refractivity contribution in [2.75, 3.05) is 14.1 Å². The van der Waals surface area contributed by atoms with E-state index >= 15 is 0 Å². The molecule has 0 aliphatic rings. The topological polar surface area (TPSA) is 70.7 Å². The van der Waals surface area contributed by atoms with Crippen LogP contribution in [-0.2, 0) is 11.3 Å². The summed E-state index contributed by atoms with van der Waals surface area (Å²) in [5.41, 5.74) is 6.28. The van der Waals surface area contributed by atoms with Crippen LogP contribution in [0.25, 0.3) is 0 Å². The molecule has 116 valence electrons. The molecule has 0 bridgehead atoms. The monoisotopic (exact) mass is 293 g/mol. The van der Waals surface area contributed by atoms with Gasteiger partial charge in [-0.2, -0.15) is 0 Å². The number of rotatable bonds is 4. The molecule has 0 radical (unpaired) electrons. The zero-order chi connectivity index (χ0) is 16.0. The number of hydrogen-bond acceptors (Lipinski definition) is 4. The summed E-state index contributed by atoms with van der Waals surface area (Å²) in [6.07, 6.45) is -0.526. The van der Waals surface area contributed by atoms with E-state index in [1.165, 1.54) is 4.90 Å². The third-order valence-corrected chi connectivity index (χ3v) is 2.49. The third kappa shape index (κ3) is 6.27. The van der Waals surface area contributed by atoms with E-state index < -0.39 is 11.7 Å². The van der Waals surface area contributed by atoms with E-state index in [1.807, 2.05) is 12.1 Å². The van der Waals surface area contributed by atoms with Gasteiger partial charge in [0.15, 0.2) is 0 Å². The minimum atomic E-state index is -0.528. The molecule has 6 nitrogen and oxygen atoms in total. The average molecular weight is 293 g/mol. The van der Waals surface area contributed by atoms with Crippen molar-refractivity contribution in [1.82, 2.24) is 15.8 Å². The maximum Gasteiger partial charge on any atom is 0.422 e. The van der Waals surface area contributed by atoms with Gasteiger partial charge in [-0.3, -0.25) is 10.2 Å². The molecular formula is C15H23N3O3. The lowest BCUT2D eigenvalue weighted by molar-refractivity contribution is 0.0497. The number of hydrazine groups is 1. The van der Waals surface area contributed by atoms with Crippen LogP contribution in [0.15, 0.2) is 24.3 Å². The van der Waals surface area contributed by atoms with Crippen LogP contribution in [0.5, 0.6) is 0 Å². The SMILES string of the molecule is CN(C)C(=O)c1ccc(CNNC(=O)OC(C)(C)C)cc1. The van der Waals surface area contributed by atoms with Gasteiger partial charge in [-0.15, -0.1) is 0 Å². The summed E-state index contributed by atoms with van der Waals surface area (Å²) in [6.45, 7) is 5.84. The predicted molar refractivity (Wildman–Crippen MR) is 80.7 cm³/mol. The van der Waals surface area contributed by atoms with Gasteiger partial charge in [0, 0.05) is 26.2 Å². The molecule has 2 N–H and O–H groups in total. The summed E-state index contributed by atoms with van der Waals surface area (Å²) >= 11 is 0. The third-order valence-electron chi connectivity index (χ3n) is 2.49. The second-order valence-electron chi connectivity index (χ2n) is 5.88. The fraction of sp³-hybridized carbons (Fsp3) is 0.467. The Morgan fingerprint density at radius 1 is 1.14 bits per heavy atom. The first-order valence-corrected chi connectivity index (χ1v) is 6.71. The van der Waals surface area contributed by atoms with Crippen LogP contribution in [0, 0.1) is 0 Å². The highest BCUT2D eigenvalue weighted by Crippen LogP contribution is 2.07. The normalized spacial score (nSPS) is 10.9. The second kappa shape index (κ2) is 7.08. The Kier molecular flexibility index (Phi) is 5.72. The number of carbonyl (C=O) groups excluding carboxylic acids is 2. The molecule has 0 heterocycles. The number of benzene rings is 1. The molecule has 21 heavy (non-hydrogen) atoms. The summed E-state index contributed by atoms with van der Waals surface area (Å²) in [4.78, 5) is 24.7. The Bertz CT molecular complexity index is 490. The summed E-state index contributed by atoms with van der Waals surface area (Å²) in [5, 5.41) is 0. The van der Waals surface area contributed by atoms with Gasteiger partial charge >= 0.3 is 6.09 Å². The fourth-order valence-corrected chi connectivity index (χ4v) is 1.55. The molecule has 0 fully saturated rings. The van der Waals surface area contributed by atoms with E-state index in [0.29, 0.717) is 12.1 Å². The summed E-state index contributed by atoms with van der Waals surface area (Å²) in [7, 11) is 3.42. The highest BCUT2D eigenvalue weighted by Gasteiger charge is 2.15. The van der Waals surface area contributed by atoms with Gasteiger partial charge in [-0.25, -0.2) is 10.2 Å². The van der Waals surface area contributed by atoms with Gasteiger partial charge in [0.1, 0.15) is 5.60 Å². The Morgan fingerprint density at radius 2 is 1.71 bits per heavy atom. The van der Waals surface area contributed by atoms with E-state index in [9.17, 15) is 9.59 Å². The van der Waals surface area contributed by atoms with Crippen molar-refractivity contribution in [2.45, 2.75) is 32.9 Å². The summed E-state index contributed by atoms with van der Waals surface area (Å²) in [6, 6.07) is 7.18. The molecule has 2 amide bonds. The Balaban J connectivity index is 2.43. The van der Waals surface area contributed by atoms with Gasteiger partial charge < -0.3 is 9.64 Å². The van der Waals surface area contributed by atoms with Crippen LogP contribution >= 0.6 is 0 Å². The lowest BCUT2D eigenvalue weighted by Crippen LogP contribution is -2.40. The van der Waals surface area contributed by atoms with Crippen LogP contribution in [0.2, 0.25) is 0 Å². The number of nitrogens with one attached hydrogen (secondary N) is 2. The Morgan fingerprint density at radius 3 is 2.19 bits per heavy atom. The van der Waals surface area contributed by atoms with E-state index in [0.717, 1.165) is 5.56 Å². The van der Waals surface area contributed by atoms with Crippen LogP contribution < -0.4 is 10.9 Å². The van der Waals surface area contributed by atoms with Gasteiger partial charge in [-0.05, 0) is 38.5 Å². The van der Waals surface area contributed by atoms with E-state index in [1.54, 1.807) is 47.0 Å². The van der Waals surface area contributed by atoms with Crippen molar-refractivity contribution in [1.29, 1.82) is 0 Å². The zero-order valence-corrected chi connectivity index (χ0v) is 13.2. The van der Waals surface area contributed by atoms with E-state index in [-0.39, 0.29) is 5.91 Å². The number of nitrogens with zero attached hydrogens (tertiary/aromatic N) is 1. The molecular weight excluding hydrogens is 270 g/mol. The van der Waals surface area contributed by atoms with Gasteiger partial charge in [0.25, 0.3) is 5.91 Å². The molecule has 6 heteroatoms. The molecule has 1 aromatic rings. The molecule has 0 saturated carbocycles. The van der Waals surface area contributed by atoms with Crippen LogP contribution in [0.3, 0.4) is 0 Å². The largest absolute Gasteiger partial charge is 0.443 e. The first kappa shape index (κ1) is 17.0. The van der Waals surface area contributed by atoms with Crippen molar-refractivity contribution in [3.05, 3.63) is 35.4 Å². The van der Waals surface area contributed by atoms with Gasteiger partial charge in [-0.1, -0.05) is 12.1 Å². The molecule has 0 aliphatic carbocycles.